The van der Waals surface area contributed by atoms with Crippen molar-refractivity contribution >= 4 is 39.8 Å². The average molecular weight is 351 g/mol. The summed E-state index contributed by atoms with van der Waals surface area (Å²) in [5, 5.41) is 4.93. The molecule has 16 heavy (non-hydrogen) atoms. The number of rotatable bonds is 3. The molecule has 2 atom stereocenters. The molecule has 5 heteroatoms. The fourth-order valence-corrected chi connectivity index (χ4v) is 3.11. The molecule has 1 fully saturated rings. The summed E-state index contributed by atoms with van der Waals surface area (Å²) in [6.45, 7) is 3.64. The quantitative estimate of drug-likeness (QED) is 0.850. The average Bonchev–Trinajstić information content (AvgIpc) is 2.87. The van der Waals surface area contributed by atoms with Gasteiger partial charge in [0.15, 0.2) is 0 Å². The van der Waals surface area contributed by atoms with E-state index >= 15 is 0 Å². The molecule has 0 saturated carbocycles. The van der Waals surface area contributed by atoms with Crippen molar-refractivity contribution in [1.82, 2.24) is 5.32 Å². The third-order valence-corrected chi connectivity index (χ3v) is 4.65. The predicted octanol–water partition coefficient (Wildman–Crippen LogP) is 2.51. The number of halogens is 1. The molecule has 0 aromatic carbocycles. The number of thiophene rings is 1. The van der Waals surface area contributed by atoms with Crippen LogP contribution in [0.2, 0.25) is 0 Å². The van der Waals surface area contributed by atoms with Gasteiger partial charge in [0.25, 0.3) is 5.91 Å². The molecule has 0 spiro atoms. The molecule has 0 radical (unpaired) electrons. The highest BCUT2D eigenvalue weighted by atomic mass is 127. The first-order valence-electron chi connectivity index (χ1n) is 5.29. The molecule has 1 aliphatic heterocycles. The second-order valence-corrected chi connectivity index (χ2v) is 6.83. The fraction of sp³-hybridized carbons (Fsp3) is 0.545. The summed E-state index contributed by atoms with van der Waals surface area (Å²) in [4.78, 5) is 11.9. The molecule has 2 rings (SSSR count). The van der Waals surface area contributed by atoms with Crippen LogP contribution in [-0.2, 0) is 4.74 Å². The number of hydrogen-bond donors (Lipinski definition) is 1. The van der Waals surface area contributed by atoms with Gasteiger partial charge in [-0.15, -0.1) is 11.3 Å². The Balaban J connectivity index is 1.91. The van der Waals surface area contributed by atoms with Crippen molar-refractivity contribution in [3.8, 4) is 0 Å². The maximum atomic E-state index is 11.9. The van der Waals surface area contributed by atoms with Gasteiger partial charge < -0.3 is 10.1 Å². The highest BCUT2D eigenvalue weighted by Crippen LogP contribution is 2.19. The van der Waals surface area contributed by atoms with Gasteiger partial charge in [0, 0.05) is 23.9 Å². The molecule has 88 valence electrons. The van der Waals surface area contributed by atoms with E-state index in [1.165, 1.54) is 0 Å². The largest absolute Gasteiger partial charge is 0.381 e. The van der Waals surface area contributed by atoms with E-state index in [2.05, 4.69) is 34.8 Å². The Labute approximate surface area is 113 Å². The van der Waals surface area contributed by atoms with Crippen molar-refractivity contribution in [2.75, 3.05) is 13.2 Å². The van der Waals surface area contributed by atoms with Gasteiger partial charge >= 0.3 is 0 Å². The number of nitrogens with one attached hydrogen (secondary N) is 1. The first-order chi connectivity index (χ1) is 7.66. The molecule has 1 aliphatic rings. The zero-order chi connectivity index (χ0) is 11.5. The molecule has 1 N–H and O–H groups in total. The lowest BCUT2D eigenvalue weighted by molar-refractivity contribution is 0.0922. The summed E-state index contributed by atoms with van der Waals surface area (Å²) in [6, 6.07) is 2.10. The maximum Gasteiger partial charge on any atom is 0.252 e. The Kier molecular flexibility index (Phi) is 4.21. The van der Waals surface area contributed by atoms with E-state index in [1.807, 2.05) is 11.4 Å². The zero-order valence-corrected chi connectivity index (χ0v) is 12.0. The monoisotopic (exact) mass is 351 g/mol. The molecular formula is C11H14INO2S. The summed E-state index contributed by atoms with van der Waals surface area (Å²) in [5.74, 6) is 0.486. The second kappa shape index (κ2) is 5.46. The number of ether oxygens (including phenoxy) is 1. The van der Waals surface area contributed by atoms with Crippen LogP contribution in [0.4, 0.5) is 0 Å². The van der Waals surface area contributed by atoms with Gasteiger partial charge in [-0.2, -0.15) is 0 Å². The van der Waals surface area contributed by atoms with Crippen LogP contribution in [0.5, 0.6) is 0 Å². The number of amides is 1. The van der Waals surface area contributed by atoms with Gasteiger partial charge in [0.05, 0.1) is 15.1 Å². The van der Waals surface area contributed by atoms with Crippen molar-refractivity contribution in [3.05, 3.63) is 19.9 Å². The van der Waals surface area contributed by atoms with Gasteiger partial charge in [0.1, 0.15) is 0 Å². The van der Waals surface area contributed by atoms with Gasteiger partial charge in [-0.1, -0.05) is 0 Å². The Morgan fingerprint density at radius 1 is 1.75 bits per heavy atom. The van der Waals surface area contributed by atoms with E-state index in [1.54, 1.807) is 11.3 Å². The van der Waals surface area contributed by atoms with Crippen LogP contribution in [0.1, 0.15) is 23.7 Å². The highest BCUT2D eigenvalue weighted by Gasteiger charge is 2.23. The van der Waals surface area contributed by atoms with E-state index in [4.69, 9.17) is 4.74 Å². The molecule has 1 aromatic heterocycles. The van der Waals surface area contributed by atoms with Gasteiger partial charge in [-0.25, -0.2) is 0 Å². The first-order valence-corrected chi connectivity index (χ1v) is 7.25. The molecule has 3 nitrogen and oxygen atoms in total. The van der Waals surface area contributed by atoms with Gasteiger partial charge in [-0.3, -0.25) is 4.79 Å². The van der Waals surface area contributed by atoms with Crippen LogP contribution in [0.25, 0.3) is 0 Å². The Morgan fingerprint density at radius 2 is 2.56 bits per heavy atom. The zero-order valence-electron chi connectivity index (χ0n) is 9.03. The lowest BCUT2D eigenvalue weighted by Crippen LogP contribution is -2.38. The number of carbonyl (C=O) groups excluding carboxylic acids is 1. The minimum absolute atomic E-state index is 0.0265. The smallest absolute Gasteiger partial charge is 0.252 e. The molecular weight excluding hydrogens is 337 g/mol. The van der Waals surface area contributed by atoms with Gasteiger partial charge in [0.2, 0.25) is 0 Å². The number of carbonyl (C=O) groups is 1. The topological polar surface area (TPSA) is 38.3 Å². The van der Waals surface area contributed by atoms with Crippen LogP contribution in [0, 0.1) is 8.80 Å². The van der Waals surface area contributed by atoms with E-state index in [0.717, 1.165) is 28.1 Å². The van der Waals surface area contributed by atoms with Crippen molar-refractivity contribution in [3.63, 3.8) is 0 Å². The summed E-state index contributed by atoms with van der Waals surface area (Å²) in [5.41, 5.74) is 0.764. The molecule has 2 unspecified atom stereocenters. The van der Waals surface area contributed by atoms with E-state index < -0.39 is 0 Å². The maximum absolute atomic E-state index is 11.9. The third-order valence-electron chi connectivity index (χ3n) is 2.86. The van der Waals surface area contributed by atoms with Crippen LogP contribution >= 0.6 is 33.9 Å². The highest BCUT2D eigenvalue weighted by molar-refractivity contribution is 14.1. The standard InChI is InChI=1S/C11H14INO2S/c1-7(8-2-3-15-5-8)13-11(14)9-4-10(12)16-6-9/h4,6-8H,2-3,5H2,1H3,(H,13,14). The van der Waals surface area contributed by atoms with Gasteiger partial charge in [-0.05, 0) is 42.0 Å². The molecule has 0 bridgehead atoms. The molecule has 0 aliphatic carbocycles. The van der Waals surface area contributed by atoms with E-state index in [9.17, 15) is 4.79 Å². The van der Waals surface area contributed by atoms with E-state index in [-0.39, 0.29) is 11.9 Å². The lowest BCUT2D eigenvalue weighted by atomic mass is 10.0. The molecule has 1 aromatic rings. The molecule has 1 amide bonds. The summed E-state index contributed by atoms with van der Waals surface area (Å²) in [6.07, 6.45) is 1.04. The Bertz CT molecular complexity index is 374. The number of hydrogen-bond acceptors (Lipinski definition) is 3. The van der Waals surface area contributed by atoms with Crippen molar-refractivity contribution in [2.45, 2.75) is 19.4 Å². The summed E-state index contributed by atoms with van der Waals surface area (Å²) in [7, 11) is 0. The van der Waals surface area contributed by atoms with Crippen LogP contribution < -0.4 is 5.32 Å². The van der Waals surface area contributed by atoms with E-state index in [0.29, 0.717) is 5.92 Å². The Hall–Kier alpha value is -0.140. The SMILES string of the molecule is CC(NC(=O)c1csc(I)c1)C1CCOC1. The van der Waals surface area contributed by atoms with Crippen molar-refractivity contribution in [1.29, 1.82) is 0 Å². The van der Waals surface area contributed by atoms with Crippen molar-refractivity contribution in [2.24, 2.45) is 5.92 Å². The van der Waals surface area contributed by atoms with Crippen LogP contribution in [0.15, 0.2) is 11.4 Å². The second-order valence-electron chi connectivity index (χ2n) is 4.03. The fourth-order valence-electron chi connectivity index (χ4n) is 1.78. The van der Waals surface area contributed by atoms with Crippen LogP contribution in [0.3, 0.4) is 0 Å². The summed E-state index contributed by atoms with van der Waals surface area (Å²) >= 11 is 3.82. The third kappa shape index (κ3) is 2.95. The predicted molar refractivity (Wildman–Crippen MR) is 72.9 cm³/mol. The minimum Gasteiger partial charge on any atom is -0.381 e. The normalized spacial score (nSPS) is 22.0. The first kappa shape index (κ1) is 12.3. The minimum atomic E-state index is 0.0265. The van der Waals surface area contributed by atoms with Crippen LogP contribution in [-0.4, -0.2) is 25.2 Å². The summed E-state index contributed by atoms with van der Waals surface area (Å²) < 4.78 is 6.46. The van der Waals surface area contributed by atoms with Crippen molar-refractivity contribution < 1.29 is 9.53 Å². The Morgan fingerprint density at radius 3 is 3.12 bits per heavy atom. The molecule has 1 saturated heterocycles. The molecule has 2 heterocycles. The lowest BCUT2D eigenvalue weighted by Gasteiger charge is -2.18.